The van der Waals surface area contributed by atoms with E-state index in [2.05, 4.69) is 62.5 Å². The summed E-state index contributed by atoms with van der Waals surface area (Å²) < 4.78 is 18.1. The van der Waals surface area contributed by atoms with E-state index >= 15 is 0 Å². The first kappa shape index (κ1) is 22.3. The van der Waals surface area contributed by atoms with Crippen molar-refractivity contribution in [3.63, 3.8) is 0 Å². The SMILES string of the molecule is CNCc1ccc(-c2ccc3c(c2)[C@]2(COC(N)=N2)c2cc(OCC(C)(C)C)ccc2O3)cc1. The van der Waals surface area contributed by atoms with Gasteiger partial charge in [0.15, 0.2) is 5.54 Å². The average Bonchev–Trinajstić information content (AvgIpc) is 3.20. The second-order valence-electron chi connectivity index (χ2n) is 10.1. The smallest absolute Gasteiger partial charge is 0.283 e. The molecule has 0 unspecified atom stereocenters. The molecule has 6 nitrogen and oxygen atoms in total. The van der Waals surface area contributed by atoms with Crippen LogP contribution in [0.4, 0.5) is 0 Å². The maximum Gasteiger partial charge on any atom is 0.283 e. The first-order chi connectivity index (χ1) is 16.3. The van der Waals surface area contributed by atoms with E-state index in [9.17, 15) is 0 Å². The highest BCUT2D eigenvalue weighted by atomic mass is 16.5. The number of amidine groups is 1. The molecule has 2 heterocycles. The molecule has 0 saturated heterocycles. The van der Waals surface area contributed by atoms with E-state index in [1.807, 2.05) is 31.3 Å². The highest BCUT2D eigenvalue weighted by molar-refractivity contribution is 5.78. The Morgan fingerprint density at radius 2 is 1.65 bits per heavy atom. The van der Waals surface area contributed by atoms with Gasteiger partial charge >= 0.3 is 0 Å². The summed E-state index contributed by atoms with van der Waals surface area (Å²) in [4.78, 5) is 4.81. The third-order valence-electron chi connectivity index (χ3n) is 6.11. The molecule has 0 radical (unpaired) electrons. The Bertz CT molecular complexity index is 1240. The van der Waals surface area contributed by atoms with Gasteiger partial charge in [0.05, 0.1) is 6.61 Å². The lowest BCUT2D eigenvalue weighted by atomic mass is 9.80. The highest BCUT2D eigenvalue weighted by Crippen LogP contribution is 2.52. The first-order valence-corrected chi connectivity index (χ1v) is 11.6. The number of fused-ring (bicyclic) bond motifs is 4. The van der Waals surface area contributed by atoms with E-state index in [4.69, 9.17) is 24.9 Å². The van der Waals surface area contributed by atoms with Gasteiger partial charge in [-0.2, -0.15) is 0 Å². The van der Waals surface area contributed by atoms with Crippen molar-refractivity contribution in [2.75, 3.05) is 20.3 Å². The number of benzene rings is 3. The van der Waals surface area contributed by atoms with Crippen LogP contribution in [0, 0.1) is 5.41 Å². The molecule has 0 aromatic heterocycles. The number of hydrogen-bond donors (Lipinski definition) is 2. The minimum Gasteiger partial charge on any atom is -0.493 e. The van der Waals surface area contributed by atoms with E-state index in [0.717, 1.165) is 46.0 Å². The molecule has 3 aromatic rings. The summed E-state index contributed by atoms with van der Waals surface area (Å²) in [6.45, 7) is 8.20. The summed E-state index contributed by atoms with van der Waals surface area (Å²) in [5, 5.41) is 3.19. The van der Waals surface area contributed by atoms with Gasteiger partial charge in [-0.05, 0) is 59.5 Å². The summed E-state index contributed by atoms with van der Waals surface area (Å²) >= 11 is 0. The molecule has 5 rings (SSSR count). The molecule has 0 bridgehead atoms. The summed E-state index contributed by atoms with van der Waals surface area (Å²) in [7, 11) is 1.95. The monoisotopic (exact) mass is 457 g/mol. The van der Waals surface area contributed by atoms with Crippen LogP contribution in [0.25, 0.3) is 11.1 Å². The number of rotatable bonds is 5. The van der Waals surface area contributed by atoms with Crippen molar-refractivity contribution in [1.82, 2.24) is 5.32 Å². The Balaban J connectivity index is 1.57. The minimum absolute atomic E-state index is 0.0490. The Labute approximate surface area is 200 Å². The van der Waals surface area contributed by atoms with Gasteiger partial charge in [-0.15, -0.1) is 0 Å². The quantitative estimate of drug-likeness (QED) is 0.551. The third kappa shape index (κ3) is 4.10. The minimum atomic E-state index is -0.782. The Hall–Kier alpha value is -3.51. The fraction of sp³-hybridized carbons (Fsp3) is 0.321. The maximum absolute atomic E-state index is 6.31. The van der Waals surface area contributed by atoms with Gasteiger partial charge in [0, 0.05) is 17.7 Å². The number of nitrogens with one attached hydrogen (secondary N) is 1. The molecule has 0 amide bonds. The van der Waals surface area contributed by atoms with Crippen molar-refractivity contribution < 1.29 is 14.2 Å². The van der Waals surface area contributed by atoms with Crippen LogP contribution in [0.1, 0.15) is 37.5 Å². The van der Waals surface area contributed by atoms with E-state index in [-0.39, 0.29) is 11.4 Å². The average molecular weight is 458 g/mol. The predicted molar refractivity (Wildman–Crippen MR) is 134 cm³/mol. The summed E-state index contributed by atoms with van der Waals surface area (Å²) in [6, 6.07) is 20.8. The van der Waals surface area contributed by atoms with Crippen LogP contribution < -0.4 is 20.5 Å². The van der Waals surface area contributed by atoms with Gasteiger partial charge in [0.2, 0.25) is 0 Å². The Morgan fingerprint density at radius 1 is 0.971 bits per heavy atom. The zero-order valence-electron chi connectivity index (χ0n) is 20.1. The van der Waals surface area contributed by atoms with Gasteiger partial charge in [-0.25, -0.2) is 4.99 Å². The second-order valence-corrected chi connectivity index (χ2v) is 10.1. The number of ether oxygens (including phenoxy) is 3. The molecule has 3 N–H and O–H groups in total. The number of nitrogens with two attached hydrogens (primary N) is 1. The van der Waals surface area contributed by atoms with Crippen LogP contribution >= 0.6 is 0 Å². The van der Waals surface area contributed by atoms with Gasteiger partial charge in [0.25, 0.3) is 6.02 Å². The van der Waals surface area contributed by atoms with Crippen molar-refractivity contribution in [2.45, 2.75) is 32.9 Å². The lowest BCUT2D eigenvalue weighted by Gasteiger charge is -2.34. The lowest BCUT2D eigenvalue weighted by Crippen LogP contribution is -2.31. The van der Waals surface area contributed by atoms with Crippen molar-refractivity contribution in [1.29, 1.82) is 0 Å². The van der Waals surface area contributed by atoms with Crippen LogP contribution in [0.3, 0.4) is 0 Å². The van der Waals surface area contributed by atoms with Crippen LogP contribution in [-0.2, 0) is 16.8 Å². The largest absolute Gasteiger partial charge is 0.493 e. The molecule has 34 heavy (non-hydrogen) atoms. The Kier molecular flexibility index (Phi) is 5.48. The molecule has 3 aromatic carbocycles. The van der Waals surface area contributed by atoms with Crippen LogP contribution in [0.15, 0.2) is 65.7 Å². The molecule has 1 atom stereocenters. The van der Waals surface area contributed by atoms with E-state index in [1.54, 1.807) is 0 Å². The second kappa shape index (κ2) is 8.37. The van der Waals surface area contributed by atoms with E-state index < -0.39 is 5.54 Å². The predicted octanol–water partition coefficient (Wildman–Crippen LogP) is 5.19. The van der Waals surface area contributed by atoms with Crippen molar-refractivity contribution in [3.05, 3.63) is 77.4 Å². The maximum atomic E-state index is 6.31. The van der Waals surface area contributed by atoms with Crippen LogP contribution in [-0.4, -0.2) is 26.3 Å². The Morgan fingerprint density at radius 3 is 2.29 bits per heavy atom. The van der Waals surface area contributed by atoms with Gasteiger partial charge in [-0.1, -0.05) is 51.1 Å². The molecule has 2 aliphatic heterocycles. The molecular formula is C28H31N3O3. The fourth-order valence-corrected chi connectivity index (χ4v) is 4.42. The normalized spacial score (nSPS) is 18.5. The third-order valence-corrected chi connectivity index (χ3v) is 6.11. The van der Waals surface area contributed by atoms with Gasteiger partial charge < -0.3 is 25.3 Å². The molecule has 1 spiro atoms. The topological polar surface area (TPSA) is 78.1 Å². The van der Waals surface area contributed by atoms with Crippen LogP contribution in [0.2, 0.25) is 0 Å². The van der Waals surface area contributed by atoms with Gasteiger partial charge in [-0.3, -0.25) is 0 Å². The van der Waals surface area contributed by atoms with E-state index in [0.29, 0.717) is 13.2 Å². The molecule has 0 aliphatic carbocycles. The summed E-state index contributed by atoms with van der Waals surface area (Å²) in [5.41, 5.74) is 10.6. The number of aliphatic imine (C=N–C) groups is 1. The number of hydrogen-bond acceptors (Lipinski definition) is 6. The highest BCUT2D eigenvalue weighted by Gasteiger charge is 2.47. The van der Waals surface area contributed by atoms with Gasteiger partial charge in [0.1, 0.15) is 23.9 Å². The zero-order valence-corrected chi connectivity index (χ0v) is 20.1. The zero-order chi connectivity index (χ0) is 23.9. The lowest BCUT2D eigenvalue weighted by molar-refractivity contribution is 0.197. The number of nitrogens with zero attached hydrogens (tertiary/aromatic N) is 1. The van der Waals surface area contributed by atoms with Crippen LogP contribution in [0.5, 0.6) is 17.2 Å². The molecule has 2 aliphatic rings. The summed E-state index contributed by atoms with van der Waals surface area (Å²) in [5.74, 6) is 2.27. The summed E-state index contributed by atoms with van der Waals surface area (Å²) in [6.07, 6.45) is 0. The van der Waals surface area contributed by atoms with Crippen molar-refractivity contribution in [3.8, 4) is 28.4 Å². The molecule has 176 valence electrons. The molecule has 0 fully saturated rings. The van der Waals surface area contributed by atoms with Crippen molar-refractivity contribution >= 4 is 6.02 Å². The fourth-order valence-electron chi connectivity index (χ4n) is 4.42. The molecular weight excluding hydrogens is 426 g/mol. The van der Waals surface area contributed by atoms with E-state index in [1.165, 1.54) is 5.56 Å². The van der Waals surface area contributed by atoms with Crippen molar-refractivity contribution in [2.24, 2.45) is 16.1 Å². The first-order valence-electron chi connectivity index (χ1n) is 11.6. The molecule has 0 saturated carbocycles. The molecule has 6 heteroatoms. The standard InChI is InChI=1S/C28H31N3O3/c1-27(2,3)16-32-21-10-12-25-23(14-21)28(17-33-26(29)31-28)22-13-20(9-11-24(22)34-25)19-7-5-18(6-8-19)15-30-4/h5-14,30H,15-17H2,1-4H3,(H2,29,31)/t28-/m1/s1.